The molecule has 23 heavy (non-hydrogen) atoms. The van der Waals surface area contributed by atoms with E-state index in [4.69, 9.17) is 5.73 Å². The molecule has 1 aromatic carbocycles. The van der Waals surface area contributed by atoms with Gasteiger partial charge in [-0.25, -0.2) is 0 Å². The molecule has 1 aromatic heterocycles. The van der Waals surface area contributed by atoms with E-state index in [0.717, 1.165) is 5.56 Å². The Morgan fingerprint density at radius 3 is 2.87 bits per heavy atom. The Morgan fingerprint density at radius 1 is 1.39 bits per heavy atom. The molecule has 0 bridgehead atoms. The maximum absolute atomic E-state index is 12.5. The van der Waals surface area contributed by atoms with Crippen molar-refractivity contribution in [2.45, 2.75) is 6.42 Å². The Labute approximate surface area is 135 Å². The monoisotopic (exact) mass is 331 g/mol. The van der Waals surface area contributed by atoms with Gasteiger partial charge in [-0.1, -0.05) is 29.5 Å². The van der Waals surface area contributed by atoms with Crippen LogP contribution in [0.4, 0.5) is 10.8 Å². The number of aromatic nitrogens is 2. The van der Waals surface area contributed by atoms with Gasteiger partial charge >= 0.3 is 0 Å². The van der Waals surface area contributed by atoms with E-state index in [1.54, 1.807) is 12.1 Å². The molecule has 3 rings (SSSR count). The number of para-hydroxylation sites is 1. The second kappa shape index (κ2) is 6.13. The number of rotatable bonds is 4. The number of benzene rings is 1. The summed E-state index contributed by atoms with van der Waals surface area (Å²) in [7, 11) is 0. The van der Waals surface area contributed by atoms with Gasteiger partial charge in [-0.3, -0.25) is 19.7 Å². The number of carbonyl (C=O) groups is 3. The molecule has 1 aliphatic rings. The first-order valence-corrected chi connectivity index (χ1v) is 7.69. The van der Waals surface area contributed by atoms with Crippen molar-refractivity contribution in [1.82, 2.24) is 10.2 Å². The highest BCUT2D eigenvalue weighted by Crippen LogP contribution is 2.30. The topological polar surface area (TPSA) is 118 Å². The maximum atomic E-state index is 12.5. The first-order chi connectivity index (χ1) is 11.1. The normalized spacial score (nSPS) is 16.8. The van der Waals surface area contributed by atoms with Crippen LogP contribution in [0.2, 0.25) is 0 Å². The number of amides is 3. The second-order valence-electron chi connectivity index (χ2n) is 5.00. The fourth-order valence-corrected chi connectivity index (χ4v) is 2.94. The number of nitrogens with zero attached hydrogens (tertiary/aromatic N) is 3. The zero-order chi connectivity index (χ0) is 16.4. The Bertz CT molecular complexity index is 762. The minimum Gasteiger partial charge on any atom is -0.369 e. The molecule has 3 N–H and O–H groups in total. The Morgan fingerprint density at radius 2 is 2.17 bits per heavy atom. The molecule has 0 saturated heterocycles. The van der Waals surface area contributed by atoms with Gasteiger partial charge in [0.2, 0.25) is 22.9 Å². The summed E-state index contributed by atoms with van der Waals surface area (Å²) >= 11 is 1.17. The fraction of sp³-hybridized carbons (Fsp3) is 0.214. The lowest BCUT2D eigenvalue weighted by molar-refractivity contribution is -0.133. The number of primary amides is 1. The van der Waals surface area contributed by atoms with Crippen LogP contribution in [0.3, 0.4) is 0 Å². The number of anilines is 2. The van der Waals surface area contributed by atoms with Gasteiger partial charge in [-0.05, 0) is 18.1 Å². The minimum atomic E-state index is -0.959. The van der Waals surface area contributed by atoms with E-state index >= 15 is 0 Å². The molecule has 1 unspecified atom stereocenters. The van der Waals surface area contributed by atoms with Crippen LogP contribution < -0.4 is 16.0 Å². The number of fused-ring (bicyclic) bond motifs is 1. The summed E-state index contributed by atoms with van der Waals surface area (Å²) in [5.74, 6) is -2.54. The van der Waals surface area contributed by atoms with Gasteiger partial charge in [0.15, 0.2) is 0 Å². The minimum absolute atomic E-state index is 0.223. The first kappa shape index (κ1) is 15.1. The predicted molar refractivity (Wildman–Crippen MR) is 83.7 cm³/mol. The molecule has 0 spiro atoms. The van der Waals surface area contributed by atoms with Gasteiger partial charge in [-0.2, -0.15) is 0 Å². The predicted octanol–water partition coefficient (Wildman–Crippen LogP) is 0.167. The average molecular weight is 331 g/mol. The van der Waals surface area contributed by atoms with Crippen LogP contribution in [0.15, 0.2) is 29.8 Å². The summed E-state index contributed by atoms with van der Waals surface area (Å²) in [4.78, 5) is 37.4. The molecule has 118 valence electrons. The lowest BCUT2D eigenvalue weighted by atomic mass is 9.91. The molecule has 3 amide bonds. The Balaban J connectivity index is 1.85. The molecule has 2 heterocycles. The number of nitrogens with one attached hydrogen (secondary N) is 1. The van der Waals surface area contributed by atoms with Crippen LogP contribution in [0.25, 0.3) is 0 Å². The first-order valence-electron chi connectivity index (χ1n) is 6.81. The van der Waals surface area contributed by atoms with Crippen LogP contribution in [0, 0.1) is 5.92 Å². The summed E-state index contributed by atoms with van der Waals surface area (Å²) in [6.45, 7) is -0.223. The Hall–Kier alpha value is -2.81. The van der Waals surface area contributed by atoms with Crippen molar-refractivity contribution >= 4 is 39.9 Å². The molecule has 2 aromatic rings. The number of carbonyl (C=O) groups excluding carboxylic acids is 3. The molecule has 0 saturated carbocycles. The fourth-order valence-electron chi connectivity index (χ4n) is 2.48. The van der Waals surface area contributed by atoms with Crippen molar-refractivity contribution in [3.63, 3.8) is 0 Å². The largest absolute Gasteiger partial charge is 0.369 e. The van der Waals surface area contributed by atoms with Crippen molar-refractivity contribution in [2.75, 3.05) is 16.8 Å². The van der Waals surface area contributed by atoms with E-state index in [-0.39, 0.29) is 13.0 Å². The number of nitrogens with two attached hydrogens (primary N) is 1. The van der Waals surface area contributed by atoms with E-state index < -0.39 is 23.6 Å². The molecule has 0 aliphatic carbocycles. The number of hydrogen-bond acceptors (Lipinski definition) is 6. The lowest BCUT2D eigenvalue weighted by Crippen LogP contribution is -2.49. The third kappa shape index (κ3) is 3.04. The van der Waals surface area contributed by atoms with Crippen LogP contribution in [0.1, 0.15) is 5.56 Å². The quantitative estimate of drug-likeness (QED) is 0.774. The van der Waals surface area contributed by atoms with Gasteiger partial charge in [0.1, 0.15) is 18.0 Å². The smallest absolute Gasteiger partial charge is 0.246 e. The van der Waals surface area contributed by atoms with Crippen molar-refractivity contribution in [1.29, 1.82) is 0 Å². The molecule has 9 heteroatoms. The molecule has 0 fully saturated rings. The van der Waals surface area contributed by atoms with Gasteiger partial charge in [0.05, 0.1) is 0 Å². The molecule has 1 atom stereocenters. The van der Waals surface area contributed by atoms with E-state index in [0.29, 0.717) is 10.8 Å². The van der Waals surface area contributed by atoms with Gasteiger partial charge in [0.25, 0.3) is 0 Å². The van der Waals surface area contributed by atoms with Gasteiger partial charge < -0.3 is 10.6 Å². The van der Waals surface area contributed by atoms with Gasteiger partial charge in [-0.15, -0.1) is 10.2 Å². The summed E-state index contributed by atoms with van der Waals surface area (Å²) < 4.78 is 0. The maximum Gasteiger partial charge on any atom is 0.246 e. The van der Waals surface area contributed by atoms with Crippen molar-refractivity contribution in [3.8, 4) is 0 Å². The summed E-state index contributed by atoms with van der Waals surface area (Å²) in [6, 6.07) is 7.13. The van der Waals surface area contributed by atoms with E-state index in [1.165, 1.54) is 21.7 Å². The molecule has 1 aliphatic heterocycles. The molecule has 8 nitrogen and oxygen atoms in total. The van der Waals surface area contributed by atoms with Crippen LogP contribution in [-0.2, 0) is 20.8 Å². The highest BCUT2D eigenvalue weighted by atomic mass is 32.1. The van der Waals surface area contributed by atoms with E-state index in [9.17, 15) is 14.4 Å². The third-order valence-corrected chi connectivity index (χ3v) is 4.13. The molecular formula is C14H13N5O3S. The SMILES string of the molecule is NC(=O)C1Cc2ccccc2N(CC(=O)Nc2nncs2)C1=O. The van der Waals surface area contributed by atoms with Crippen LogP contribution >= 0.6 is 11.3 Å². The summed E-state index contributed by atoms with van der Waals surface area (Å²) in [5, 5.41) is 10.2. The Kier molecular flexibility index (Phi) is 4.02. The summed E-state index contributed by atoms with van der Waals surface area (Å²) in [5.41, 5.74) is 8.22. The standard InChI is InChI=1S/C14H13N5O3S/c15-12(21)9-5-8-3-1-2-4-10(8)19(13(9)22)6-11(20)17-14-18-16-7-23-14/h1-4,7,9H,5-6H2,(H2,15,21)(H,17,18,20). The zero-order valence-electron chi connectivity index (χ0n) is 11.9. The van der Waals surface area contributed by atoms with Crippen molar-refractivity contribution in [2.24, 2.45) is 11.7 Å². The van der Waals surface area contributed by atoms with E-state index in [1.807, 2.05) is 12.1 Å². The third-order valence-electron chi connectivity index (χ3n) is 3.52. The zero-order valence-corrected chi connectivity index (χ0v) is 12.7. The molecular weight excluding hydrogens is 318 g/mol. The highest BCUT2D eigenvalue weighted by molar-refractivity contribution is 7.13. The average Bonchev–Trinajstić information content (AvgIpc) is 3.02. The van der Waals surface area contributed by atoms with Gasteiger partial charge in [0, 0.05) is 5.69 Å². The van der Waals surface area contributed by atoms with Crippen molar-refractivity contribution in [3.05, 3.63) is 35.3 Å². The van der Waals surface area contributed by atoms with Crippen LogP contribution in [-0.4, -0.2) is 34.5 Å². The second-order valence-corrected chi connectivity index (χ2v) is 5.84. The highest BCUT2D eigenvalue weighted by Gasteiger charge is 2.36. The molecule has 0 radical (unpaired) electrons. The summed E-state index contributed by atoms with van der Waals surface area (Å²) in [6.07, 6.45) is 0.249. The number of hydrogen-bond donors (Lipinski definition) is 2. The van der Waals surface area contributed by atoms with E-state index in [2.05, 4.69) is 15.5 Å². The van der Waals surface area contributed by atoms with Crippen LogP contribution in [0.5, 0.6) is 0 Å². The lowest BCUT2D eigenvalue weighted by Gasteiger charge is -2.32. The van der Waals surface area contributed by atoms with Crippen molar-refractivity contribution < 1.29 is 14.4 Å².